The minimum Gasteiger partial charge on any atom is -0.497 e. The Kier molecular flexibility index (Phi) is 4.48. The van der Waals surface area contributed by atoms with Crippen molar-refractivity contribution in [2.45, 2.75) is 0 Å². The number of ether oxygens (including phenoxy) is 2. The Morgan fingerprint density at radius 2 is 1.48 bits per heavy atom. The standard InChI is InChI=1S/C20H19NO2/c1-22-18-9-5-7-16(13-18)14-20(21-11-3-4-12-21)17-8-6-10-19(15-17)23-2/h3-15H,1-2H3/b20-14-. The molecular formula is C20H19NO2. The van der Waals surface area contributed by atoms with Gasteiger partial charge in [-0.05, 0) is 48.0 Å². The molecule has 0 unspecified atom stereocenters. The van der Waals surface area contributed by atoms with Gasteiger partial charge in [-0.1, -0.05) is 24.3 Å². The third-order valence-corrected chi connectivity index (χ3v) is 3.65. The largest absolute Gasteiger partial charge is 0.497 e. The normalized spacial score (nSPS) is 11.3. The van der Waals surface area contributed by atoms with Crippen LogP contribution >= 0.6 is 0 Å². The Morgan fingerprint density at radius 3 is 2.17 bits per heavy atom. The van der Waals surface area contributed by atoms with Crippen LogP contribution in [0.15, 0.2) is 73.1 Å². The highest BCUT2D eigenvalue weighted by Gasteiger charge is 2.06. The van der Waals surface area contributed by atoms with Crippen molar-refractivity contribution in [3.63, 3.8) is 0 Å². The van der Waals surface area contributed by atoms with E-state index in [1.165, 1.54) is 0 Å². The second-order valence-electron chi connectivity index (χ2n) is 5.13. The molecule has 0 spiro atoms. The lowest BCUT2D eigenvalue weighted by Crippen LogP contribution is -1.97. The van der Waals surface area contributed by atoms with Gasteiger partial charge in [0.2, 0.25) is 0 Å². The van der Waals surface area contributed by atoms with Crippen LogP contribution in [0.3, 0.4) is 0 Å². The quantitative estimate of drug-likeness (QED) is 0.645. The molecule has 0 aliphatic carbocycles. The van der Waals surface area contributed by atoms with Gasteiger partial charge in [0.15, 0.2) is 0 Å². The van der Waals surface area contributed by atoms with Crippen molar-refractivity contribution >= 4 is 11.8 Å². The molecule has 0 saturated carbocycles. The van der Waals surface area contributed by atoms with E-state index in [9.17, 15) is 0 Å². The van der Waals surface area contributed by atoms with Gasteiger partial charge < -0.3 is 14.0 Å². The van der Waals surface area contributed by atoms with Gasteiger partial charge in [0.05, 0.1) is 19.9 Å². The average molecular weight is 305 g/mol. The maximum Gasteiger partial charge on any atom is 0.119 e. The number of hydrogen-bond acceptors (Lipinski definition) is 2. The highest BCUT2D eigenvalue weighted by atomic mass is 16.5. The fourth-order valence-electron chi connectivity index (χ4n) is 2.47. The van der Waals surface area contributed by atoms with Crippen molar-refractivity contribution in [3.8, 4) is 11.5 Å². The van der Waals surface area contributed by atoms with Crippen LogP contribution in [0.1, 0.15) is 11.1 Å². The predicted octanol–water partition coefficient (Wildman–Crippen LogP) is 4.55. The van der Waals surface area contributed by atoms with Crippen LogP contribution in [0, 0.1) is 0 Å². The molecule has 0 aliphatic heterocycles. The molecule has 3 heteroatoms. The van der Waals surface area contributed by atoms with Crippen molar-refractivity contribution in [2.24, 2.45) is 0 Å². The molecule has 0 amide bonds. The number of benzene rings is 2. The Balaban J connectivity index is 2.10. The lowest BCUT2D eigenvalue weighted by atomic mass is 10.1. The third kappa shape index (κ3) is 3.46. The number of methoxy groups -OCH3 is 2. The first-order chi connectivity index (χ1) is 11.3. The minimum atomic E-state index is 0.839. The molecule has 3 rings (SSSR count). The lowest BCUT2D eigenvalue weighted by Gasteiger charge is -2.12. The smallest absolute Gasteiger partial charge is 0.119 e. The fraction of sp³-hybridized carbons (Fsp3) is 0.100. The van der Waals surface area contributed by atoms with E-state index in [2.05, 4.69) is 22.8 Å². The summed E-state index contributed by atoms with van der Waals surface area (Å²) < 4.78 is 12.8. The van der Waals surface area contributed by atoms with Gasteiger partial charge in [-0.25, -0.2) is 0 Å². The van der Waals surface area contributed by atoms with E-state index in [4.69, 9.17) is 9.47 Å². The zero-order valence-electron chi connectivity index (χ0n) is 13.3. The fourth-order valence-corrected chi connectivity index (χ4v) is 2.47. The molecular weight excluding hydrogens is 286 g/mol. The second-order valence-corrected chi connectivity index (χ2v) is 5.13. The van der Waals surface area contributed by atoms with Gasteiger partial charge in [-0.15, -0.1) is 0 Å². The predicted molar refractivity (Wildman–Crippen MR) is 93.7 cm³/mol. The van der Waals surface area contributed by atoms with Crippen molar-refractivity contribution in [3.05, 3.63) is 84.2 Å². The first-order valence-electron chi connectivity index (χ1n) is 7.43. The molecule has 0 fully saturated rings. The molecule has 0 saturated heterocycles. The third-order valence-electron chi connectivity index (χ3n) is 3.65. The summed E-state index contributed by atoms with van der Waals surface area (Å²) >= 11 is 0. The maximum atomic E-state index is 5.35. The summed E-state index contributed by atoms with van der Waals surface area (Å²) in [7, 11) is 3.36. The molecule has 3 aromatic rings. The van der Waals surface area contributed by atoms with Gasteiger partial charge in [-0.2, -0.15) is 0 Å². The lowest BCUT2D eigenvalue weighted by molar-refractivity contribution is 0.414. The van der Waals surface area contributed by atoms with E-state index in [-0.39, 0.29) is 0 Å². The van der Waals surface area contributed by atoms with Crippen molar-refractivity contribution in [1.82, 2.24) is 4.57 Å². The summed E-state index contributed by atoms with van der Waals surface area (Å²) in [5, 5.41) is 0. The van der Waals surface area contributed by atoms with E-state index in [0.29, 0.717) is 0 Å². The van der Waals surface area contributed by atoms with Gasteiger partial charge in [0, 0.05) is 18.0 Å². The van der Waals surface area contributed by atoms with Gasteiger partial charge >= 0.3 is 0 Å². The molecule has 0 radical (unpaired) electrons. The summed E-state index contributed by atoms with van der Waals surface area (Å²) in [5.41, 5.74) is 3.24. The summed E-state index contributed by atoms with van der Waals surface area (Å²) in [6.07, 6.45) is 6.20. The van der Waals surface area contributed by atoms with Crippen molar-refractivity contribution in [2.75, 3.05) is 14.2 Å². The second kappa shape index (κ2) is 6.88. The summed E-state index contributed by atoms with van der Waals surface area (Å²) in [4.78, 5) is 0. The molecule has 0 N–H and O–H groups in total. The molecule has 3 nitrogen and oxygen atoms in total. The molecule has 1 aromatic heterocycles. The molecule has 23 heavy (non-hydrogen) atoms. The van der Waals surface area contributed by atoms with Crippen LogP contribution in [0.2, 0.25) is 0 Å². The van der Waals surface area contributed by atoms with Crippen molar-refractivity contribution in [1.29, 1.82) is 0 Å². The first-order valence-corrected chi connectivity index (χ1v) is 7.43. The molecule has 0 aliphatic rings. The number of nitrogens with zero attached hydrogens (tertiary/aromatic N) is 1. The highest BCUT2D eigenvalue weighted by molar-refractivity contribution is 5.82. The number of hydrogen-bond donors (Lipinski definition) is 0. The minimum absolute atomic E-state index is 0.839. The SMILES string of the molecule is COc1cccc(/C=C(/c2cccc(OC)c2)n2cccc2)c1. The van der Waals surface area contributed by atoms with E-state index < -0.39 is 0 Å². The van der Waals surface area contributed by atoms with Crippen LogP contribution in [0.4, 0.5) is 0 Å². The Bertz CT molecular complexity index is 804. The Labute approximate surface area is 136 Å². The van der Waals surface area contributed by atoms with Crippen LogP contribution in [-0.4, -0.2) is 18.8 Å². The van der Waals surface area contributed by atoms with Crippen molar-refractivity contribution < 1.29 is 9.47 Å². The van der Waals surface area contributed by atoms with Crippen LogP contribution in [0.5, 0.6) is 11.5 Å². The van der Waals surface area contributed by atoms with Crippen LogP contribution in [0.25, 0.3) is 11.8 Å². The Morgan fingerprint density at radius 1 is 0.826 bits per heavy atom. The zero-order chi connectivity index (χ0) is 16.1. The first kappa shape index (κ1) is 15.0. The summed E-state index contributed by atoms with van der Waals surface area (Å²) in [5.74, 6) is 1.68. The van der Waals surface area contributed by atoms with E-state index in [1.807, 2.05) is 60.9 Å². The van der Waals surface area contributed by atoms with E-state index in [1.54, 1.807) is 14.2 Å². The summed E-state index contributed by atoms with van der Waals surface area (Å²) in [6, 6.07) is 20.1. The average Bonchev–Trinajstić information content (AvgIpc) is 3.14. The molecule has 0 bridgehead atoms. The molecule has 116 valence electrons. The van der Waals surface area contributed by atoms with E-state index in [0.717, 1.165) is 28.3 Å². The van der Waals surface area contributed by atoms with Gasteiger partial charge in [-0.3, -0.25) is 0 Å². The topological polar surface area (TPSA) is 23.4 Å². The van der Waals surface area contributed by atoms with Crippen LogP contribution < -0.4 is 9.47 Å². The number of rotatable bonds is 5. The summed E-state index contributed by atoms with van der Waals surface area (Å²) in [6.45, 7) is 0. The van der Waals surface area contributed by atoms with Gasteiger partial charge in [0.25, 0.3) is 0 Å². The number of aromatic nitrogens is 1. The maximum absolute atomic E-state index is 5.35. The zero-order valence-corrected chi connectivity index (χ0v) is 13.3. The molecule has 2 aromatic carbocycles. The van der Waals surface area contributed by atoms with E-state index >= 15 is 0 Å². The molecule has 1 heterocycles. The Hall–Kier alpha value is -2.94. The van der Waals surface area contributed by atoms with Gasteiger partial charge in [0.1, 0.15) is 11.5 Å². The monoisotopic (exact) mass is 305 g/mol. The molecule has 0 atom stereocenters. The van der Waals surface area contributed by atoms with Crippen LogP contribution in [-0.2, 0) is 0 Å². The highest BCUT2D eigenvalue weighted by Crippen LogP contribution is 2.25.